The lowest BCUT2D eigenvalue weighted by molar-refractivity contribution is -0.138. The number of ether oxygens (including phenoxy) is 1. The molecule has 4 aliphatic rings. The zero-order valence-electron chi connectivity index (χ0n) is 33.8. The second kappa shape index (κ2) is 20.3. The SMILES string of the molecule is CCC(NC(=O)COC1CCC2(C)C(=CCC3C2CCC2(C)C(C(C)CCCC(C)C)CCC32)C1)C(=O)N(CCCN)CCCCNCCCN. The van der Waals surface area contributed by atoms with E-state index in [4.69, 9.17) is 16.2 Å². The van der Waals surface area contributed by atoms with Gasteiger partial charge in [-0.15, -0.1) is 0 Å². The molecular formula is C43H79N5O3. The van der Waals surface area contributed by atoms with Crippen molar-refractivity contribution in [1.82, 2.24) is 15.5 Å². The first-order valence-corrected chi connectivity index (χ1v) is 21.5. The van der Waals surface area contributed by atoms with E-state index in [9.17, 15) is 9.59 Å². The highest BCUT2D eigenvalue weighted by Gasteiger charge is 2.59. The quantitative estimate of drug-likeness (QED) is 0.0696. The number of allylic oxidation sites excluding steroid dienone is 1. The second-order valence-electron chi connectivity index (χ2n) is 18.1. The minimum atomic E-state index is -0.538. The molecule has 4 aliphatic carbocycles. The van der Waals surface area contributed by atoms with Crippen LogP contribution in [0.15, 0.2) is 11.6 Å². The highest BCUT2D eigenvalue weighted by Crippen LogP contribution is 2.67. The lowest BCUT2D eigenvalue weighted by Gasteiger charge is -2.58. The standard InChI is InChI=1S/C43H79N5O3/c1-7-39(41(50)48(28-12-24-45)27-9-8-25-46-26-11-23-44)47-40(49)30-51-34-19-21-42(5)33(29-34)15-16-35-37-18-17-36(32(4)14-10-13-31(2)3)43(37,6)22-20-38(35)42/h15,31-32,34-39,46H,7-14,16-30,44-45H2,1-6H3,(H,47,49). The maximum absolute atomic E-state index is 13.5. The fourth-order valence-electron chi connectivity index (χ4n) is 11.3. The molecule has 294 valence electrons. The summed E-state index contributed by atoms with van der Waals surface area (Å²) in [7, 11) is 0. The molecule has 0 aliphatic heterocycles. The molecule has 51 heavy (non-hydrogen) atoms. The van der Waals surface area contributed by atoms with E-state index in [1.54, 1.807) is 5.57 Å². The summed E-state index contributed by atoms with van der Waals surface area (Å²) in [6.07, 6.45) is 21.0. The Hall–Kier alpha value is -1.48. The normalized spacial score (nSPS) is 31.3. The van der Waals surface area contributed by atoms with Gasteiger partial charge in [0.15, 0.2) is 0 Å². The molecule has 2 amide bonds. The highest BCUT2D eigenvalue weighted by molar-refractivity contribution is 5.88. The molecule has 0 heterocycles. The van der Waals surface area contributed by atoms with E-state index < -0.39 is 6.04 Å². The van der Waals surface area contributed by atoms with Crippen LogP contribution in [-0.4, -0.2) is 74.7 Å². The average molecular weight is 714 g/mol. The predicted molar refractivity (Wildman–Crippen MR) is 211 cm³/mol. The zero-order chi connectivity index (χ0) is 37.0. The number of carbonyl (C=O) groups excluding carboxylic acids is 2. The number of nitrogens with two attached hydrogens (primary N) is 2. The molecule has 0 aromatic heterocycles. The number of hydrogen-bond donors (Lipinski definition) is 4. The Morgan fingerprint density at radius 1 is 0.922 bits per heavy atom. The van der Waals surface area contributed by atoms with Crippen molar-refractivity contribution in [3.63, 3.8) is 0 Å². The topological polar surface area (TPSA) is 123 Å². The summed E-state index contributed by atoms with van der Waals surface area (Å²) in [6, 6.07) is -0.538. The lowest BCUT2D eigenvalue weighted by Crippen LogP contribution is -2.51. The van der Waals surface area contributed by atoms with Gasteiger partial charge < -0.3 is 31.7 Å². The molecule has 4 rings (SSSR count). The number of unbranched alkanes of at least 4 members (excludes halogenated alkanes) is 1. The van der Waals surface area contributed by atoms with Gasteiger partial charge in [-0.1, -0.05) is 72.5 Å². The minimum absolute atomic E-state index is 0.0107. The van der Waals surface area contributed by atoms with Crippen LogP contribution < -0.4 is 22.1 Å². The van der Waals surface area contributed by atoms with E-state index in [1.165, 1.54) is 51.4 Å². The van der Waals surface area contributed by atoms with Crippen LogP contribution in [0.2, 0.25) is 0 Å². The van der Waals surface area contributed by atoms with Crippen LogP contribution in [-0.2, 0) is 14.3 Å². The largest absolute Gasteiger partial charge is 0.368 e. The average Bonchev–Trinajstić information content (AvgIpc) is 3.47. The lowest BCUT2D eigenvalue weighted by atomic mass is 9.47. The van der Waals surface area contributed by atoms with Gasteiger partial charge in [0.2, 0.25) is 11.8 Å². The third kappa shape index (κ3) is 10.8. The summed E-state index contributed by atoms with van der Waals surface area (Å²) in [5.74, 6) is 4.81. The molecule has 3 fully saturated rings. The molecule has 0 aromatic rings. The van der Waals surface area contributed by atoms with Crippen LogP contribution >= 0.6 is 0 Å². The first kappa shape index (κ1) is 42.3. The molecule has 0 aromatic carbocycles. The van der Waals surface area contributed by atoms with Crippen molar-refractivity contribution in [2.24, 2.45) is 57.8 Å². The Bertz CT molecular complexity index is 1110. The van der Waals surface area contributed by atoms with Gasteiger partial charge in [0, 0.05) is 13.1 Å². The van der Waals surface area contributed by atoms with Crippen LogP contribution in [0, 0.1) is 46.3 Å². The molecule has 6 N–H and O–H groups in total. The van der Waals surface area contributed by atoms with E-state index in [0.717, 1.165) is 93.5 Å². The summed E-state index contributed by atoms with van der Waals surface area (Å²) >= 11 is 0. The smallest absolute Gasteiger partial charge is 0.246 e. The molecule has 0 radical (unpaired) electrons. The van der Waals surface area contributed by atoms with Crippen molar-refractivity contribution in [3.05, 3.63) is 11.6 Å². The first-order chi connectivity index (χ1) is 24.5. The van der Waals surface area contributed by atoms with Gasteiger partial charge in [0.05, 0.1) is 6.10 Å². The molecular weight excluding hydrogens is 635 g/mol. The number of fused-ring (bicyclic) bond motifs is 5. The molecule has 0 bridgehead atoms. The Morgan fingerprint density at radius 2 is 1.67 bits per heavy atom. The van der Waals surface area contributed by atoms with Crippen molar-refractivity contribution in [2.75, 3.05) is 45.9 Å². The van der Waals surface area contributed by atoms with E-state index in [2.05, 4.69) is 51.3 Å². The van der Waals surface area contributed by atoms with E-state index >= 15 is 0 Å². The van der Waals surface area contributed by atoms with Crippen LogP contribution in [0.5, 0.6) is 0 Å². The molecule has 9 unspecified atom stereocenters. The Labute approximate surface area is 312 Å². The fourth-order valence-corrected chi connectivity index (χ4v) is 11.3. The summed E-state index contributed by atoms with van der Waals surface area (Å²) in [4.78, 5) is 28.6. The molecule has 0 spiro atoms. The van der Waals surface area contributed by atoms with Gasteiger partial charge in [-0.3, -0.25) is 9.59 Å². The number of rotatable bonds is 22. The van der Waals surface area contributed by atoms with Crippen LogP contribution in [0.4, 0.5) is 0 Å². The molecule has 9 atom stereocenters. The minimum Gasteiger partial charge on any atom is -0.368 e. The fraction of sp³-hybridized carbons (Fsp3) is 0.907. The number of carbonyl (C=O) groups is 2. The summed E-state index contributed by atoms with van der Waals surface area (Å²) in [6.45, 7) is 18.9. The van der Waals surface area contributed by atoms with Crippen molar-refractivity contribution in [2.45, 2.75) is 156 Å². The van der Waals surface area contributed by atoms with Crippen LogP contribution in [0.25, 0.3) is 0 Å². The number of amides is 2. The van der Waals surface area contributed by atoms with Gasteiger partial charge in [0.25, 0.3) is 0 Å². The zero-order valence-corrected chi connectivity index (χ0v) is 33.8. The number of hydrogen-bond acceptors (Lipinski definition) is 6. The third-order valence-corrected chi connectivity index (χ3v) is 14.3. The second-order valence-corrected chi connectivity index (χ2v) is 18.1. The predicted octanol–water partition coefficient (Wildman–Crippen LogP) is 7.20. The van der Waals surface area contributed by atoms with Crippen molar-refractivity contribution < 1.29 is 14.3 Å². The van der Waals surface area contributed by atoms with Crippen LogP contribution in [0.1, 0.15) is 144 Å². The van der Waals surface area contributed by atoms with Crippen LogP contribution in [0.3, 0.4) is 0 Å². The molecule has 3 saturated carbocycles. The van der Waals surface area contributed by atoms with Gasteiger partial charge in [-0.2, -0.15) is 0 Å². The van der Waals surface area contributed by atoms with Gasteiger partial charge >= 0.3 is 0 Å². The number of nitrogens with one attached hydrogen (secondary N) is 2. The van der Waals surface area contributed by atoms with E-state index in [0.29, 0.717) is 38.0 Å². The van der Waals surface area contributed by atoms with Gasteiger partial charge in [-0.05, 0) is 156 Å². The van der Waals surface area contributed by atoms with Crippen molar-refractivity contribution in [1.29, 1.82) is 0 Å². The number of nitrogens with zero attached hydrogens (tertiary/aromatic N) is 1. The van der Waals surface area contributed by atoms with Gasteiger partial charge in [0.1, 0.15) is 12.6 Å². The Kier molecular flexibility index (Phi) is 16.8. The van der Waals surface area contributed by atoms with Gasteiger partial charge in [-0.25, -0.2) is 0 Å². The maximum Gasteiger partial charge on any atom is 0.246 e. The summed E-state index contributed by atoms with van der Waals surface area (Å²) < 4.78 is 6.31. The highest BCUT2D eigenvalue weighted by atomic mass is 16.5. The molecule has 0 saturated heterocycles. The Morgan fingerprint density at radius 3 is 2.39 bits per heavy atom. The monoisotopic (exact) mass is 714 g/mol. The summed E-state index contributed by atoms with van der Waals surface area (Å²) in [5.41, 5.74) is 13.7. The molecule has 8 nitrogen and oxygen atoms in total. The summed E-state index contributed by atoms with van der Waals surface area (Å²) in [5, 5.41) is 6.42. The Balaban J connectivity index is 1.26. The first-order valence-electron chi connectivity index (χ1n) is 21.5. The van der Waals surface area contributed by atoms with Crippen molar-refractivity contribution >= 4 is 11.8 Å². The van der Waals surface area contributed by atoms with E-state index in [-0.39, 0.29) is 29.9 Å². The third-order valence-electron chi connectivity index (χ3n) is 14.3. The maximum atomic E-state index is 13.5. The molecule has 8 heteroatoms. The van der Waals surface area contributed by atoms with Crippen molar-refractivity contribution in [3.8, 4) is 0 Å². The van der Waals surface area contributed by atoms with E-state index in [1.807, 2.05) is 11.8 Å².